The molecule has 0 saturated heterocycles. The maximum absolute atomic E-state index is 11.7. The molecule has 0 unspecified atom stereocenters. The monoisotopic (exact) mass is 296 g/mol. The van der Waals surface area contributed by atoms with Gasteiger partial charge >= 0.3 is 5.97 Å². The highest BCUT2D eigenvalue weighted by Crippen LogP contribution is 2.08. The largest absolute Gasteiger partial charge is 0.359 e. The minimum Gasteiger partial charge on any atom is -0.359 e. The van der Waals surface area contributed by atoms with Crippen molar-refractivity contribution in [2.75, 3.05) is 5.32 Å². The Morgan fingerprint density at radius 2 is 1.55 bits per heavy atom. The van der Waals surface area contributed by atoms with Gasteiger partial charge in [0.15, 0.2) is 0 Å². The van der Waals surface area contributed by atoms with Crippen molar-refractivity contribution < 1.29 is 14.4 Å². The minimum atomic E-state index is -0.662. The van der Waals surface area contributed by atoms with Gasteiger partial charge in [0.25, 0.3) is 5.91 Å². The Morgan fingerprint density at radius 3 is 2.18 bits per heavy atom. The number of carbonyl (C=O) groups is 2. The summed E-state index contributed by atoms with van der Waals surface area (Å²) in [6.45, 7) is 1.73. The average Bonchev–Trinajstić information content (AvgIpc) is 2.54. The Morgan fingerprint density at radius 1 is 0.955 bits per heavy atom. The van der Waals surface area contributed by atoms with Crippen LogP contribution in [0.3, 0.4) is 0 Å². The first-order chi connectivity index (χ1) is 10.6. The molecule has 0 atom stereocenters. The maximum atomic E-state index is 11.7. The van der Waals surface area contributed by atoms with Crippen molar-refractivity contribution in [3.05, 3.63) is 78.0 Å². The zero-order valence-corrected chi connectivity index (χ0v) is 12.1. The third-order valence-electron chi connectivity index (χ3n) is 2.73. The van der Waals surface area contributed by atoms with Crippen molar-refractivity contribution in [2.45, 2.75) is 6.92 Å². The van der Waals surface area contributed by atoms with E-state index in [0.29, 0.717) is 11.3 Å². The summed E-state index contributed by atoms with van der Waals surface area (Å²) in [4.78, 5) is 28.0. The second kappa shape index (κ2) is 7.64. The van der Waals surface area contributed by atoms with Gasteiger partial charge in [-0.05, 0) is 31.2 Å². The summed E-state index contributed by atoms with van der Waals surface area (Å²) < 4.78 is 0. The van der Waals surface area contributed by atoms with Crippen LogP contribution in [0.4, 0.5) is 5.69 Å². The van der Waals surface area contributed by atoms with Gasteiger partial charge in [-0.1, -0.05) is 36.4 Å². The molecule has 0 radical (unpaired) electrons. The van der Waals surface area contributed by atoms with E-state index < -0.39 is 11.9 Å². The lowest BCUT2D eigenvalue weighted by atomic mass is 10.2. The van der Waals surface area contributed by atoms with Crippen molar-refractivity contribution in [1.29, 1.82) is 0 Å². The summed E-state index contributed by atoms with van der Waals surface area (Å²) >= 11 is 0. The Bertz CT molecular complexity index is 667. The number of allylic oxidation sites excluding steroid dienone is 1. The Balaban J connectivity index is 1.84. The second-order valence-corrected chi connectivity index (χ2v) is 4.54. The number of anilines is 1. The number of benzene rings is 2. The molecule has 0 aliphatic heterocycles. The second-order valence-electron chi connectivity index (χ2n) is 4.54. The van der Waals surface area contributed by atoms with Gasteiger partial charge in [0.1, 0.15) is 0 Å². The number of para-hydroxylation sites is 1. The van der Waals surface area contributed by atoms with Gasteiger partial charge in [-0.15, -0.1) is 0 Å². The number of nitrogens with one attached hydrogen (secondary N) is 2. The van der Waals surface area contributed by atoms with Gasteiger partial charge in [-0.3, -0.25) is 4.79 Å². The molecule has 0 heterocycles. The fraction of sp³-hybridized carbons (Fsp3) is 0.0588. The van der Waals surface area contributed by atoms with E-state index in [9.17, 15) is 9.59 Å². The molecule has 112 valence electrons. The zero-order valence-electron chi connectivity index (χ0n) is 12.1. The first-order valence-electron chi connectivity index (χ1n) is 6.72. The molecule has 5 heteroatoms. The van der Waals surface area contributed by atoms with E-state index in [-0.39, 0.29) is 0 Å². The molecule has 0 spiro atoms. The third-order valence-corrected chi connectivity index (χ3v) is 2.73. The highest BCUT2D eigenvalue weighted by Gasteiger charge is 2.07. The number of carbonyl (C=O) groups excluding carboxylic acids is 2. The Hall–Kier alpha value is -3.08. The van der Waals surface area contributed by atoms with Crippen LogP contribution in [0, 0.1) is 0 Å². The molecule has 2 rings (SSSR count). The first kappa shape index (κ1) is 15.3. The Labute approximate surface area is 128 Å². The number of hydrogen-bond donors (Lipinski definition) is 2. The molecule has 0 aromatic heterocycles. The van der Waals surface area contributed by atoms with Crippen LogP contribution in [0.2, 0.25) is 0 Å². The van der Waals surface area contributed by atoms with Crippen LogP contribution < -0.4 is 10.8 Å². The summed E-state index contributed by atoms with van der Waals surface area (Å²) in [5.41, 5.74) is 3.98. The predicted octanol–water partition coefficient (Wildman–Crippen LogP) is 2.89. The van der Waals surface area contributed by atoms with Gasteiger partial charge in [-0.2, -0.15) is 5.48 Å². The molecule has 2 N–H and O–H groups in total. The van der Waals surface area contributed by atoms with Crippen molar-refractivity contribution in [1.82, 2.24) is 5.48 Å². The third kappa shape index (κ3) is 4.79. The van der Waals surface area contributed by atoms with Gasteiger partial charge < -0.3 is 10.2 Å². The van der Waals surface area contributed by atoms with E-state index in [1.807, 2.05) is 30.3 Å². The van der Waals surface area contributed by atoms with Crippen LogP contribution in [-0.4, -0.2) is 11.9 Å². The fourth-order valence-electron chi connectivity index (χ4n) is 1.74. The quantitative estimate of drug-likeness (QED) is 0.672. The fourth-order valence-corrected chi connectivity index (χ4v) is 1.74. The first-order valence-corrected chi connectivity index (χ1v) is 6.72. The van der Waals surface area contributed by atoms with Gasteiger partial charge in [0.05, 0.1) is 0 Å². The van der Waals surface area contributed by atoms with Crippen molar-refractivity contribution in [3.8, 4) is 0 Å². The number of hydrogen-bond acceptors (Lipinski definition) is 4. The molecule has 0 aliphatic carbocycles. The normalized spacial score (nSPS) is 10.7. The predicted molar refractivity (Wildman–Crippen MR) is 83.8 cm³/mol. The summed E-state index contributed by atoms with van der Waals surface area (Å²) in [5, 5.41) is 3.04. The highest BCUT2D eigenvalue weighted by molar-refractivity contribution is 5.94. The van der Waals surface area contributed by atoms with E-state index >= 15 is 0 Å². The Kier molecular flexibility index (Phi) is 5.31. The average molecular weight is 296 g/mol. The lowest BCUT2D eigenvalue weighted by molar-refractivity contribution is -0.142. The standard InChI is InChI=1S/C17H16N2O3/c1-13(18-15-10-6-3-7-11-15)12-16(20)22-19-17(21)14-8-4-2-5-9-14/h2-12,18H,1H3,(H,19,21)/b13-12-. The van der Waals surface area contributed by atoms with Crippen molar-refractivity contribution in [2.24, 2.45) is 0 Å². The topological polar surface area (TPSA) is 67.4 Å². The van der Waals surface area contributed by atoms with Crippen LogP contribution >= 0.6 is 0 Å². The molecule has 2 aromatic rings. The number of amides is 1. The molecule has 22 heavy (non-hydrogen) atoms. The molecule has 1 amide bonds. The summed E-state index contributed by atoms with van der Waals surface area (Å²) in [5.74, 6) is -1.14. The van der Waals surface area contributed by atoms with Gasteiger partial charge in [0.2, 0.25) is 0 Å². The zero-order chi connectivity index (χ0) is 15.8. The van der Waals surface area contributed by atoms with Gasteiger partial charge in [-0.25, -0.2) is 4.79 Å². The lowest BCUT2D eigenvalue weighted by Crippen LogP contribution is -2.26. The lowest BCUT2D eigenvalue weighted by Gasteiger charge is -2.07. The van der Waals surface area contributed by atoms with E-state index in [0.717, 1.165) is 5.69 Å². The molecule has 0 fully saturated rings. The van der Waals surface area contributed by atoms with Gasteiger partial charge in [0, 0.05) is 23.0 Å². The highest BCUT2D eigenvalue weighted by atomic mass is 16.7. The molecule has 0 aliphatic rings. The summed E-state index contributed by atoms with van der Waals surface area (Å²) in [7, 11) is 0. The van der Waals surface area contributed by atoms with Crippen LogP contribution in [0.25, 0.3) is 0 Å². The van der Waals surface area contributed by atoms with Crippen LogP contribution in [0.1, 0.15) is 17.3 Å². The molecule has 0 bridgehead atoms. The van der Waals surface area contributed by atoms with E-state index in [2.05, 4.69) is 10.8 Å². The van der Waals surface area contributed by atoms with E-state index in [1.54, 1.807) is 37.3 Å². The smallest absolute Gasteiger partial charge is 0.357 e. The van der Waals surface area contributed by atoms with Crippen LogP contribution in [0.15, 0.2) is 72.4 Å². The van der Waals surface area contributed by atoms with E-state index in [4.69, 9.17) is 4.84 Å². The summed E-state index contributed by atoms with van der Waals surface area (Å²) in [6, 6.07) is 17.9. The summed E-state index contributed by atoms with van der Waals surface area (Å²) in [6.07, 6.45) is 1.26. The SMILES string of the molecule is C/C(=C/C(=O)ONC(=O)c1ccccc1)Nc1ccccc1. The minimum absolute atomic E-state index is 0.415. The van der Waals surface area contributed by atoms with Crippen molar-refractivity contribution >= 4 is 17.6 Å². The van der Waals surface area contributed by atoms with Crippen molar-refractivity contribution in [3.63, 3.8) is 0 Å². The van der Waals surface area contributed by atoms with Crippen LogP contribution in [0.5, 0.6) is 0 Å². The number of hydroxylamine groups is 1. The molecular weight excluding hydrogens is 280 g/mol. The maximum Gasteiger partial charge on any atom is 0.357 e. The van der Waals surface area contributed by atoms with E-state index in [1.165, 1.54) is 6.08 Å². The molecule has 5 nitrogen and oxygen atoms in total. The van der Waals surface area contributed by atoms with Crippen LogP contribution in [-0.2, 0) is 9.63 Å². The number of rotatable bonds is 4. The molecule has 0 saturated carbocycles. The molecular formula is C17H16N2O3. The molecule has 2 aromatic carbocycles.